The molecule has 0 saturated carbocycles. The van der Waals surface area contributed by atoms with E-state index in [9.17, 15) is 14.7 Å². The summed E-state index contributed by atoms with van der Waals surface area (Å²) in [4.78, 5) is 25.6. The molecule has 1 N–H and O–H groups in total. The Kier molecular flexibility index (Phi) is 3.91. The number of carboxylic acid groups (broad SMARTS) is 1. The zero-order valence-corrected chi connectivity index (χ0v) is 14.1. The van der Waals surface area contributed by atoms with Crippen LogP contribution in [0, 0.1) is 19.3 Å². The highest BCUT2D eigenvalue weighted by molar-refractivity contribution is 5.93. The molecule has 1 unspecified atom stereocenters. The summed E-state index contributed by atoms with van der Waals surface area (Å²) < 4.78 is 1.74. The molecular formula is C18H21N3O3. The summed E-state index contributed by atoms with van der Waals surface area (Å²) in [6.45, 7) is 6.25. The molecule has 3 rings (SSSR count). The van der Waals surface area contributed by atoms with Gasteiger partial charge in [-0.1, -0.05) is 17.7 Å². The van der Waals surface area contributed by atoms with Crippen LogP contribution < -0.4 is 0 Å². The first-order valence-electron chi connectivity index (χ1n) is 7.96. The third kappa shape index (κ3) is 2.79. The molecule has 0 radical (unpaired) electrons. The molecule has 24 heavy (non-hydrogen) atoms. The SMILES string of the molecule is Cc1ccc(-n2nc(C(=O)N3CCC(C)(C(=O)O)C3)cc2C)cc1. The standard InChI is InChI=1S/C18H21N3O3/c1-12-4-6-14(7-5-12)21-13(2)10-15(19-21)16(22)20-9-8-18(3,11-20)17(23)24/h4-7,10H,8-9,11H2,1-3H3,(H,23,24). The van der Waals surface area contributed by atoms with Crippen LogP contribution in [0.3, 0.4) is 0 Å². The van der Waals surface area contributed by atoms with Crippen LogP contribution in [-0.4, -0.2) is 44.8 Å². The van der Waals surface area contributed by atoms with Gasteiger partial charge in [0.1, 0.15) is 0 Å². The van der Waals surface area contributed by atoms with Crippen molar-refractivity contribution in [1.29, 1.82) is 0 Å². The number of hydrogen-bond acceptors (Lipinski definition) is 3. The van der Waals surface area contributed by atoms with E-state index in [1.165, 1.54) is 0 Å². The lowest BCUT2D eigenvalue weighted by Crippen LogP contribution is -2.35. The Morgan fingerprint density at radius 3 is 2.46 bits per heavy atom. The van der Waals surface area contributed by atoms with E-state index in [-0.39, 0.29) is 12.5 Å². The Labute approximate surface area is 140 Å². The molecule has 1 amide bonds. The number of nitrogens with zero attached hydrogens (tertiary/aromatic N) is 3. The van der Waals surface area contributed by atoms with Gasteiger partial charge < -0.3 is 10.0 Å². The molecule has 1 aromatic carbocycles. The van der Waals surface area contributed by atoms with Crippen molar-refractivity contribution in [3.05, 3.63) is 47.3 Å². The second-order valence-electron chi connectivity index (χ2n) is 6.76. The molecule has 1 aromatic heterocycles. The van der Waals surface area contributed by atoms with Gasteiger partial charge in [0.05, 0.1) is 11.1 Å². The second-order valence-corrected chi connectivity index (χ2v) is 6.76. The van der Waals surface area contributed by atoms with Gasteiger partial charge in [0.2, 0.25) is 0 Å². The van der Waals surface area contributed by atoms with E-state index in [0.717, 1.165) is 16.9 Å². The molecule has 1 saturated heterocycles. The van der Waals surface area contributed by atoms with Gasteiger partial charge in [0, 0.05) is 18.8 Å². The first-order valence-corrected chi connectivity index (χ1v) is 7.96. The molecular weight excluding hydrogens is 306 g/mol. The molecule has 1 aliphatic rings. The van der Waals surface area contributed by atoms with Crippen LogP contribution in [0.1, 0.15) is 35.1 Å². The summed E-state index contributed by atoms with van der Waals surface area (Å²) in [6, 6.07) is 9.66. The monoisotopic (exact) mass is 327 g/mol. The minimum Gasteiger partial charge on any atom is -0.481 e. The zero-order chi connectivity index (χ0) is 17.5. The number of aromatic nitrogens is 2. The van der Waals surface area contributed by atoms with Gasteiger partial charge in [-0.05, 0) is 45.4 Å². The average molecular weight is 327 g/mol. The predicted octanol–water partition coefficient (Wildman–Crippen LogP) is 2.43. The summed E-state index contributed by atoms with van der Waals surface area (Å²) in [7, 11) is 0. The Bertz CT molecular complexity index is 794. The van der Waals surface area contributed by atoms with Crippen LogP contribution >= 0.6 is 0 Å². The van der Waals surface area contributed by atoms with Crippen LogP contribution in [-0.2, 0) is 4.79 Å². The quantitative estimate of drug-likeness (QED) is 0.939. The molecule has 0 spiro atoms. The van der Waals surface area contributed by atoms with Gasteiger partial charge in [-0.15, -0.1) is 0 Å². The normalized spacial score (nSPS) is 20.4. The lowest BCUT2D eigenvalue weighted by molar-refractivity contribution is -0.147. The fraction of sp³-hybridized carbons (Fsp3) is 0.389. The van der Waals surface area contributed by atoms with Crippen molar-refractivity contribution in [1.82, 2.24) is 14.7 Å². The van der Waals surface area contributed by atoms with Crippen molar-refractivity contribution in [3.63, 3.8) is 0 Å². The highest BCUT2D eigenvalue weighted by Crippen LogP contribution is 2.31. The van der Waals surface area contributed by atoms with Crippen molar-refractivity contribution >= 4 is 11.9 Å². The number of hydrogen-bond donors (Lipinski definition) is 1. The first-order chi connectivity index (χ1) is 11.3. The third-order valence-electron chi connectivity index (χ3n) is 4.66. The summed E-state index contributed by atoms with van der Waals surface area (Å²) in [5.41, 5.74) is 2.40. The van der Waals surface area contributed by atoms with Crippen LogP contribution in [0.5, 0.6) is 0 Å². The van der Waals surface area contributed by atoms with Gasteiger partial charge in [0.25, 0.3) is 5.91 Å². The largest absolute Gasteiger partial charge is 0.481 e. The molecule has 0 aliphatic carbocycles. The van der Waals surface area contributed by atoms with Gasteiger partial charge in [-0.3, -0.25) is 9.59 Å². The van der Waals surface area contributed by atoms with Crippen molar-refractivity contribution in [2.45, 2.75) is 27.2 Å². The third-order valence-corrected chi connectivity index (χ3v) is 4.66. The molecule has 0 bridgehead atoms. The smallest absolute Gasteiger partial charge is 0.311 e. The number of likely N-dealkylation sites (tertiary alicyclic amines) is 1. The second kappa shape index (κ2) is 5.78. The first kappa shape index (κ1) is 16.2. The van der Waals surface area contributed by atoms with Crippen molar-refractivity contribution < 1.29 is 14.7 Å². The highest BCUT2D eigenvalue weighted by Gasteiger charge is 2.42. The predicted molar refractivity (Wildman–Crippen MR) is 89.3 cm³/mol. The van der Waals surface area contributed by atoms with Crippen molar-refractivity contribution in [2.75, 3.05) is 13.1 Å². The van der Waals surface area contributed by atoms with Gasteiger partial charge >= 0.3 is 5.97 Å². The van der Waals surface area contributed by atoms with Crippen molar-refractivity contribution in [3.8, 4) is 5.69 Å². The number of carbonyl (C=O) groups is 2. The Morgan fingerprint density at radius 1 is 1.21 bits per heavy atom. The van der Waals surface area contributed by atoms with Gasteiger partial charge in [-0.2, -0.15) is 5.10 Å². The topological polar surface area (TPSA) is 75.4 Å². The molecule has 2 heterocycles. The molecule has 1 aliphatic heterocycles. The van der Waals surface area contributed by atoms with Crippen LogP contribution in [0.2, 0.25) is 0 Å². The van der Waals surface area contributed by atoms with Crippen LogP contribution in [0.15, 0.2) is 30.3 Å². The number of amides is 1. The van der Waals surface area contributed by atoms with E-state index >= 15 is 0 Å². The zero-order valence-electron chi connectivity index (χ0n) is 14.1. The maximum Gasteiger partial charge on any atom is 0.311 e. The van der Waals surface area contributed by atoms with E-state index in [0.29, 0.717) is 18.7 Å². The number of carbonyl (C=O) groups excluding carboxylic acids is 1. The maximum absolute atomic E-state index is 12.7. The highest BCUT2D eigenvalue weighted by atomic mass is 16.4. The summed E-state index contributed by atoms with van der Waals surface area (Å²) >= 11 is 0. The number of aryl methyl sites for hydroxylation is 2. The Hall–Kier alpha value is -2.63. The molecule has 6 heteroatoms. The fourth-order valence-electron chi connectivity index (χ4n) is 3.00. The van der Waals surface area contributed by atoms with E-state index in [1.54, 1.807) is 22.6 Å². The van der Waals surface area contributed by atoms with E-state index in [4.69, 9.17) is 0 Å². The van der Waals surface area contributed by atoms with Crippen LogP contribution in [0.25, 0.3) is 5.69 Å². The molecule has 6 nitrogen and oxygen atoms in total. The molecule has 126 valence electrons. The Balaban J connectivity index is 1.84. The minimum absolute atomic E-state index is 0.214. The van der Waals surface area contributed by atoms with E-state index in [2.05, 4.69) is 5.10 Å². The lowest BCUT2D eigenvalue weighted by Gasteiger charge is -2.19. The minimum atomic E-state index is -0.871. The van der Waals surface area contributed by atoms with E-state index < -0.39 is 11.4 Å². The Morgan fingerprint density at radius 2 is 1.88 bits per heavy atom. The van der Waals surface area contributed by atoms with Crippen molar-refractivity contribution in [2.24, 2.45) is 5.41 Å². The van der Waals surface area contributed by atoms with Gasteiger partial charge in [-0.25, -0.2) is 4.68 Å². The fourth-order valence-corrected chi connectivity index (χ4v) is 3.00. The molecule has 1 fully saturated rings. The number of rotatable bonds is 3. The summed E-state index contributed by atoms with van der Waals surface area (Å²) in [5.74, 6) is -1.08. The maximum atomic E-state index is 12.7. The molecule has 2 aromatic rings. The number of benzene rings is 1. The average Bonchev–Trinajstić information content (AvgIpc) is 3.12. The van der Waals surface area contributed by atoms with Crippen LogP contribution in [0.4, 0.5) is 0 Å². The summed E-state index contributed by atoms with van der Waals surface area (Å²) in [5, 5.41) is 13.7. The number of carboxylic acids is 1. The van der Waals surface area contributed by atoms with Gasteiger partial charge in [0.15, 0.2) is 5.69 Å². The summed E-state index contributed by atoms with van der Waals surface area (Å²) in [6.07, 6.45) is 0.464. The lowest BCUT2D eigenvalue weighted by atomic mass is 9.90. The molecule has 1 atom stereocenters. The number of aliphatic carboxylic acids is 1. The van der Waals surface area contributed by atoms with E-state index in [1.807, 2.05) is 38.1 Å².